The van der Waals surface area contributed by atoms with E-state index < -0.39 is 102 Å². The van der Waals surface area contributed by atoms with E-state index in [-0.39, 0.29) is 43.9 Å². The summed E-state index contributed by atoms with van der Waals surface area (Å²) in [5, 5.41) is 66.4. The fourth-order valence-electron chi connectivity index (χ4n) is 11.1. The van der Waals surface area contributed by atoms with Crippen molar-refractivity contribution in [2.75, 3.05) is 53.9 Å². The fraction of sp³-hybridized carbons (Fsp3) is 0.852. The van der Waals surface area contributed by atoms with Crippen LogP contribution in [-0.2, 0) is 44.6 Å². The van der Waals surface area contributed by atoms with Crippen LogP contribution in [0.2, 0.25) is 0 Å². The zero-order valence-corrected chi connectivity index (χ0v) is 46.0. The van der Waals surface area contributed by atoms with E-state index in [9.17, 15) is 35.1 Å². The highest BCUT2D eigenvalue weighted by Crippen LogP contribution is 2.40. The first kappa shape index (κ1) is 62.0. The summed E-state index contributed by atoms with van der Waals surface area (Å²) >= 11 is 0. The Balaban J connectivity index is 1.53. The maximum atomic E-state index is 14.6. The molecule has 18 heteroatoms. The Morgan fingerprint density at radius 2 is 1.53 bits per heavy atom. The van der Waals surface area contributed by atoms with Crippen LogP contribution >= 0.6 is 0 Å². The predicted octanol–water partition coefficient (Wildman–Crippen LogP) is 4.74. The van der Waals surface area contributed by atoms with E-state index in [0.29, 0.717) is 32.6 Å². The minimum absolute atomic E-state index is 0.113. The number of methoxy groups -OCH3 is 1. The molecule has 7 N–H and O–H groups in total. The van der Waals surface area contributed by atoms with E-state index >= 15 is 0 Å². The molecule has 0 radical (unpaired) electrons. The number of benzene rings is 1. The van der Waals surface area contributed by atoms with Gasteiger partial charge in [-0.15, -0.1) is 0 Å². The van der Waals surface area contributed by atoms with Gasteiger partial charge < -0.3 is 74.2 Å². The largest absolute Gasteiger partial charge is 0.459 e. The number of unbranched alkanes of at least 4 members (excludes halogenated alkanes) is 3. The van der Waals surface area contributed by atoms with Gasteiger partial charge in [-0.25, -0.2) is 4.79 Å². The van der Waals surface area contributed by atoms with E-state index in [0.717, 1.165) is 44.2 Å². The number of alkyl carbamates (subject to hydrolysis) is 1. The maximum absolute atomic E-state index is 14.6. The lowest BCUT2D eigenvalue weighted by Crippen LogP contribution is -2.60. The van der Waals surface area contributed by atoms with Crippen LogP contribution in [0.25, 0.3) is 0 Å². The molecule has 3 saturated heterocycles. The van der Waals surface area contributed by atoms with Crippen molar-refractivity contribution in [3.8, 4) is 0 Å². The van der Waals surface area contributed by atoms with Gasteiger partial charge in [0.1, 0.15) is 36.6 Å². The molecular formula is C54H96N4O14. The molecular weight excluding hydrogens is 929 g/mol. The molecule has 0 saturated carbocycles. The average molecular weight is 1030 g/mol. The summed E-state index contributed by atoms with van der Waals surface area (Å²) in [4.78, 5) is 30.7. The van der Waals surface area contributed by atoms with Gasteiger partial charge in [-0.1, -0.05) is 63.9 Å². The Kier molecular flexibility index (Phi) is 24.6. The molecule has 18 atom stereocenters. The Morgan fingerprint density at radius 1 is 0.875 bits per heavy atom. The minimum atomic E-state index is -1.87. The molecule has 1 amide bonds. The topological polar surface area (TPSA) is 230 Å². The van der Waals surface area contributed by atoms with Gasteiger partial charge in [-0.2, -0.15) is 0 Å². The van der Waals surface area contributed by atoms with Crippen LogP contribution < -0.4 is 10.6 Å². The summed E-state index contributed by atoms with van der Waals surface area (Å²) in [5.41, 5.74) is -3.59. The molecule has 416 valence electrons. The third-order valence-electron chi connectivity index (χ3n) is 15.6. The molecule has 1 aromatic rings. The van der Waals surface area contributed by atoms with E-state index in [1.165, 1.54) is 14.0 Å². The average Bonchev–Trinajstić information content (AvgIpc) is 3.33. The number of aliphatic hydroxyl groups excluding tert-OH is 3. The fourth-order valence-corrected chi connectivity index (χ4v) is 11.1. The molecule has 18 nitrogen and oxygen atoms in total. The molecule has 3 fully saturated rings. The summed E-state index contributed by atoms with van der Waals surface area (Å²) in [6, 6.07) is 8.67. The standard InChI is InChI=1S/C54H96N4O14/c1-14-42-54(10,65)46(60)38(6)58(28-22-26-55-25-20-15-16-21-27-56-51(63)67-33-40-23-18-17-19-24-40)32-34(2)30-52(8,64)48(72-50-44(59)41(57(11)12)29-35(3)68-50)36(4)45(37(5)49(62)70-42)71-43-31-53(9,66-13)47(61)39(7)69-43/h17-19,23-24,34-39,41-48,50,55,59-61,64-65H,14-16,20-22,25-33H2,1-13H3,(H,56,63)/t34-,35-,36+,37-,38-,39+,41+,42-,43?,44-,45+,46+,47+,48-,50+,52?,53-,54-/m1/s1. The second kappa shape index (κ2) is 28.5. The number of cyclic esters (lactones) is 1. The smallest absolute Gasteiger partial charge is 0.407 e. The van der Waals surface area contributed by atoms with Crippen molar-refractivity contribution in [2.24, 2.45) is 17.8 Å². The van der Waals surface area contributed by atoms with Gasteiger partial charge in [0, 0.05) is 44.6 Å². The first-order valence-electron chi connectivity index (χ1n) is 26.8. The van der Waals surface area contributed by atoms with Crippen molar-refractivity contribution >= 4 is 12.1 Å². The number of ether oxygens (including phenoxy) is 7. The molecule has 1 aromatic carbocycles. The first-order chi connectivity index (χ1) is 33.9. The van der Waals surface area contributed by atoms with E-state index in [1.54, 1.807) is 34.6 Å². The molecule has 0 spiro atoms. The van der Waals surface area contributed by atoms with Crippen LogP contribution in [0.1, 0.15) is 133 Å². The Labute approximate surface area is 431 Å². The highest BCUT2D eigenvalue weighted by molar-refractivity contribution is 5.73. The lowest BCUT2D eigenvalue weighted by molar-refractivity contribution is -0.318. The second-order valence-electron chi connectivity index (χ2n) is 22.2. The molecule has 2 unspecified atom stereocenters. The Bertz CT molecular complexity index is 1750. The van der Waals surface area contributed by atoms with Gasteiger partial charge in [0.05, 0.1) is 41.5 Å². The van der Waals surface area contributed by atoms with Gasteiger partial charge >= 0.3 is 12.1 Å². The summed E-state index contributed by atoms with van der Waals surface area (Å²) in [6.07, 6.45) is -4.58. The van der Waals surface area contributed by atoms with E-state index in [4.69, 9.17) is 33.2 Å². The Hall–Kier alpha value is -2.56. The number of carbonyl (C=O) groups excluding carboxylic acids is 2. The number of carbonyl (C=O) groups is 2. The van der Waals surface area contributed by atoms with Crippen molar-refractivity contribution in [1.82, 2.24) is 20.4 Å². The molecule has 0 aliphatic carbocycles. The SMILES string of the molecule is CC[C@H]1OC(=O)[C@H](C)[C@@H](OC2C[C@@](C)(OC)[C@@H](O)[C@H](C)O2)[C@H](C)[C@@H](O[C@@H]2O[C@H](C)C[C@H](N(C)C)[C@H]2O)C(C)(O)C[C@@H](C)CN(CCCNCCCCCCNC(=O)OCc2ccccc2)[C@H](C)[C@H](O)[C@]1(C)O. The zero-order valence-electron chi connectivity index (χ0n) is 46.0. The number of hydrogen-bond acceptors (Lipinski definition) is 17. The van der Waals surface area contributed by atoms with Crippen molar-refractivity contribution in [1.29, 1.82) is 0 Å². The summed E-state index contributed by atoms with van der Waals surface area (Å²) in [7, 11) is 5.29. The minimum Gasteiger partial charge on any atom is -0.459 e. The molecule has 72 heavy (non-hydrogen) atoms. The highest BCUT2D eigenvalue weighted by atomic mass is 16.7. The maximum Gasteiger partial charge on any atom is 0.407 e. The van der Waals surface area contributed by atoms with Crippen LogP contribution in [-0.4, -0.2) is 192 Å². The first-order valence-corrected chi connectivity index (χ1v) is 26.8. The number of aliphatic hydroxyl groups is 5. The summed E-state index contributed by atoms with van der Waals surface area (Å²) in [6.45, 7) is 21.1. The number of esters is 1. The lowest BCUT2D eigenvalue weighted by atomic mass is 9.77. The summed E-state index contributed by atoms with van der Waals surface area (Å²) in [5.74, 6) is -2.74. The van der Waals surface area contributed by atoms with Crippen LogP contribution in [0.15, 0.2) is 30.3 Å². The van der Waals surface area contributed by atoms with E-state index in [2.05, 4.69) is 15.5 Å². The predicted molar refractivity (Wildman–Crippen MR) is 274 cm³/mol. The molecule has 4 rings (SSSR count). The van der Waals surface area contributed by atoms with Crippen molar-refractivity contribution in [2.45, 2.75) is 224 Å². The molecule has 0 bridgehead atoms. The van der Waals surface area contributed by atoms with Crippen molar-refractivity contribution < 1.29 is 68.3 Å². The lowest BCUT2D eigenvalue weighted by Gasteiger charge is -2.48. The number of nitrogens with zero attached hydrogens (tertiary/aromatic N) is 2. The number of likely N-dealkylation sites (N-methyl/N-ethyl adjacent to an activating group) is 1. The number of nitrogens with one attached hydrogen (secondary N) is 2. The van der Waals surface area contributed by atoms with Gasteiger partial charge in [0.2, 0.25) is 0 Å². The van der Waals surface area contributed by atoms with Crippen LogP contribution in [0.5, 0.6) is 0 Å². The van der Waals surface area contributed by atoms with Crippen LogP contribution in [0.3, 0.4) is 0 Å². The van der Waals surface area contributed by atoms with Crippen molar-refractivity contribution in [3.63, 3.8) is 0 Å². The van der Waals surface area contributed by atoms with Crippen LogP contribution in [0.4, 0.5) is 4.79 Å². The summed E-state index contributed by atoms with van der Waals surface area (Å²) < 4.78 is 43.5. The Morgan fingerprint density at radius 3 is 2.17 bits per heavy atom. The third-order valence-corrected chi connectivity index (χ3v) is 15.6. The molecule has 3 aliphatic rings. The molecule has 3 aliphatic heterocycles. The van der Waals surface area contributed by atoms with Crippen LogP contribution in [0, 0.1) is 17.8 Å². The normalized spacial score (nSPS) is 38.9. The quantitative estimate of drug-likeness (QED) is 0.0691. The molecule has 0 aromatic heterocycles. The van der Waals surface area contributed by atoms with Crippen molar-refractivity contribution in [3.05, 3.63) is 35.9 Å². The van der Waals surface area contributed by atoms with Gasteiger partial charge in [0.15, 0.2) is 12.6 Å². The highest BCUT2D eigenvalue weighted by Gasteiger charge is 2.53. The van der Waals surface area contributed by atoms with E-state index in [1.807, 2.05) is 77.0 Å². The van der Waals surface area contributed by atoms with Gasteiger partial charge in [-0.05, 0) is 132 Å². The monoisotopic (exact) mass is 1020 g/mol. The molecule has 3 heterocycles. The number of hydrogen-bond donors (Lipinski definition) is 7. The second-order valence-corrected chi connectivity index (χ2v) is 22.2. The number of amides is 1. The zero-order chi connectivity index (χ0) is 53.6. The van der Waals surface area contributed by atoms with Gasteiger partial charge in [-0.3, -0.25) is 9.69 Å². The number of rotatable bonds is 20. The third kappa shape index (κ3) is 17.2. The van der Waals surface area contributed by atoms with Gasteiger partial charge in [0.25, 0.3) is 0 Å².